The first kappa shape index (κ1) is 17.7. The highest BCUT2D eigenvalue weighted by Crippen LogP contribution is 2.26. The lowest BCUT2D eigenvalue weighted by Gasteiger charge is -2.19. The van der Waals surface area contributed by atoms with Gasteiger partial charge in [-0.3, -0.25) is 14.5 Å². The van der Waals surface area contributed by atoms with E-state index in [0.717, 1.165) is 24.2 Å². The molecule has 2 saturated heterocycles. The quantitative estimate of drug-likeness (QED) is 0.684. The van der Waals surface area contributed by atoms with Crippen LogP contribution in [0.4, 0.5) is 4.79 Å². The summed E-state index contributed by atoms with van der Waals surface area (Å²) in [5.74, 6) is -0.0160. The second kappa shape index (κ2) is 7.29. The van der Waals surface area contributed by atoms with Crippen LogP contribution in [0, 0.1) is 5.92 Å². The van der Waals surface area contributed by atoms with Gasteiger partial charge < -0.3 is 15.4 Å². The average molecular weight is 325 g/mol. The van der Waals surface area contributed by atoms with Crippen LogP contribution >= 0.6 is 0 Å². The van der Waals surface area contributed by atoms with E-state index in [1.54, 1.807) is 0 Å². The normalized spacial score (nSPS) is 25.3. The van der Waals surface area contributed by atoms with E-state index < -0.39 is 11.6 Å². The molecule has 2 fully saturated rings. The van der Waals surface area contributed by atoms with E-state index in [1.165, 1.54) is 0 Å². The summed E-state index contributed by atoms with van der Waals surface area (Å²) in [6.45, 7) is 6.67. The number of urea groups is 1. The Hall–Kier alpha value is -1.63. The predicted molar refractivity (Wildman–Crippen MR) is 84.7 cm³/mol. The molecule has 2 aliphatic rings. The van der Waals surface area contributed by atoms with E-state index in [0.29, 0.717) is 18.9 Å². The van der Waals surface area contributed by atoms with Crippen molar-refractivity contribution in [2.24, 2.45) is 5.92 Å². The first-order valence-corrected chi connectivity index (χ1v) is 8.35. The van der Waals surface area contributed by atoms with Gasteiger partial charge in [-0.15, -0.1) is 0 Å². The van der Waals surface area contributed by atoms with Crippen molar-refractivity contribution in [1.29, 1.82) is 0 Å². The second-order valence-corrected chi connectivity index (χ2v) is 7.00. The minimum atomic E-state index is -0.958. The van der Waals surface area contributed by atoms with E-state index in [2.05, 4.69) is 24.5 Å². The highest BCUT2D eigenvalue weighted by atomic mass is 16.5. The Kier molecular flexibility index (Phi) is 5.62. The van der Waals surface area contributed by atoms with Gasteiger partial charge >= 0.3 is 6.03 Å². The van der Waals surface area contributed by atoms with Crippen molar-refractivity contribution in [3.63, 3.8) is 0 Å². The Morgan fingerprint density at radius 1 is 1.35 bits per heavy atom. The summed E-state index contributed by atoms with van der Waals surface area (Å²) in [5.41, 5.74) is -0.958. The highest BCUT2D eigenvalue weighted by molar-refractivity contribution is 6.09. The van der Waals surface area contributed by atoms with Gasteiger partial charge in [0.25, 0.3) is 5.91 Å². The van der Waals surface area contributed by atoms with Crippen molar-refractivity contribution in [3.05, 3.63) is 0 Å². The van der Waals surface area contributed by atoms with Crippen molar-refractivity contribution in [2.45, 2.75) is 58.0 Å². The summed E-state index contributed by atoms with van der Waals surface area (Å²) in [6.07, 6.45) is 3.52. The fourth-order valence-corrected chi connectivity index (χ4v) is 3.02. The van der Waals surface area contributed by atoms with E-state index in [1.807, 2.05) is 6.92 Å². The smallest absolute Gasteiger partial charge is 0.325 e. The molecular formula is C16H27N3O4. The van der Waals surface area contributed by atoms with Gasteiger partial charge in [0.1, 0.15) is 12.1 Å². The van der Waals surface area contributed by atoms with Crippen LogP contribution in [0.15, 0.2) is 0 Å². The molecule has 4 amide bonds. The molecular weight excluding hydrogens is 298 g/mol. The van der Waals surface area contributed by atoms with Crippen molar-refractivity contribution >= 4 is 17.8 Å². The van der Waals surface area contributed by atoms with E-state index in [-0.39, 0.29) is 31.0 Å². The maximum Gasteiger partial charge on any atom is 0.325 e. The molecule has 1 spiro atoms. The number of nitrogens with zero attached hydrogens (tertiary/aromatic N) is 1. The number of rotatable bonds is 7. The van der Waals surface area contributed by atoms with Crippen LogP contribution in [0.2, 0.25) is 0 Å². The fourth-order valence-electron chi connectivity index (χ4n) is 3.02. The number of hydrogen-bond donors (Lipinski definition) is 2. The van der Waals surface area contributed by atoms with Gasteiger partial charge in [0.2, 0.25) is 5.91 Å². The highest BCUT2D eigenvalue weighted by Gasteiger charge is 2.53. The molecule has 2 atom stereocenters. The summed E-state index contributed by atoms with van der Waals surface area (Å²) in [7, 11) is 0. The predicted octanol–water partition coefficient (Wildman–Crippen LogP) is 1.03. The van der Waals surface area contributed by atoms with Crippen molar-refractivity contribution in [2.75, 3.05) is 19.8 Å². The number of nitrogens with one attached hydrogen (secondary N) is 2. The molecule has 0 aromatic heterocycles. The zero-order valence-corrected chi connectivity index (χ0v) is 14.2. The van der Waals surface area contributed by atoms with Crippen LogP contribution in [0.25, 0.3) is 0 Å². The molecule has 7 heteroatoms. The van der Waals surface area contributed by atoms with Crippen LogP contribution in [-0.4, -0.2) is 54.1 Å². The lowest BCUT2D eigenvalue weighted by atomic mass is 9.99. The Morgan fingerprint density at radius 3 is 2.70 bits per heavy atom. The van der Waals surface area contributed by atoms with Gasteiger partial charge in [0.05, 0.1) is 6.61 Å². The maximum absolute atomic E-state index is 12.4. The number of ether oxygens (including phenoxy) is 1. The van der Waals surface area contributed by atoms with Gasteiger partial charge in [0.15, 0.2) is 0 Å². The molecule has 0 radical (unpaired) electrons. The molecule has 2 aliphatic heterocycles. The number of carbonyl (C=O) groups is 3. The molecule has 23 heavy (non-hydrogen) atoms. The third-order valence-electron chi connectivity index (χ3n) is 4.40. The second-order valence-electron chi connectivity index (χ2n) is 7.00. The molecule has 0 aliphatic carbocycles. The van der Waals surface area contributed by atoms with Crippen LogP contribution in [0.1, 0.15) is 46.5 Å². The molecule has 7 nitrogen and oxygen atoms in total. The lowest BCUT2D eigenvalue weighted by Crippen LogP contribution is -2.48. The van der Waals surface area contributed by atoms with Crippen LogP contribution in [0.5, 0.6) is 0 Å². The first-order valence-electron chi connectivity index (χ1n) is 8.35. The summed E-state index contributed by atoms with van der Waals surface area (Å²) in [5, 5.41) is 5.52. The molecule has 0 unspecified atom stereocenters. The third-order valence-corrected chi connectivity index (χ3v) is 4.40. The molecule has 2 N–H and O–H groups in total. The van der Waals surface area contributed by atoms with Crippen molar-refractivity contribution in [3.8, 4) is 0 Å². The van der Waals surface area contributed by atoms with Crippen LogP contribution in [-0.2, 0) is 14.3 Å². The third kappa shape index (κ3) is 4.22. The Morgan fingerprint density at radius 2 is 2.09 bits per heavy atom. The van der Waals surface area contributed by atoms with Gasteiger partial charge in [-0.2, -0.15) is 0 Å². The average Bonchev–Trinajstić information content (AvgIpc) is 3.00. The topological polar surface area (TPSA) is 87.7 Å². The number of carbonyl (C=O) groups excluding carboxylic acids is 3. The maximum atomic E-state index is 12.4. The largest absolute Gasteiger partial charge is 0.378 e. The standard InChI is InChI=1S/C16H27N3O4/c1-11(2)5-4-6-12(3)17-13(20)9-19-14(21)16(18-15(19)22)7-8-23-10-16/h11-12H,4-10H2,1-3H3,(H,17,20)(H,18,22)/t12-,16+/m0/s1. The van der Waals surface area contributed by atoms with Crippen LogP contribution in [0.3, 0.4) is 0 Å². The molecule has 2 rings (SSSR count). The minimum absolute atomic E-state index is 0.0331. The van der Waals surface area contributed by atoms with Crippen LogP contribution < -0.4 is 10.6 Å². The summed E-state index contributed by atoms with van der Waals surface area (Å²) < 4.78 is 5.22. The van der Waals surface area contributed by atoms with Gasteiger partial charge in [-0.1, -0.05) is 26.7 Å². The Labute approximate surface area is 137 Å². The van der Waals surface area contributed by atoms with Crippen molar-refractivity contribution in [1.82, 2.24) is 15.5 Å². The molecule has 0 aromatic carbocycles. The van der Waals surface area contributed by atoms with E-state index in [4.69, 9.17) is 4.74 Å². The van der Waals surface area contributed by atoms with Gasteiger partial charge in [0, 0.05) is 19.1 Å². The van der Waals surface area contributed by atoms with Gasteiger partial charge in [-0.25, -0.2) is 4.79 Å². The number of imide groups is 1. The van der Waals surface area contributed by atoms with E-state index >= 15 is 0 Å². The lowest BCUT2D eigenvalue weighted by molar-refractivity contribution is -0.135. The van der Waals surface area contributed by atoms with Gasteiger partial charge in [-0.05, 0) is 19.3 Å². The molecule has 130 valence electrons. The number of hydrogen-bond acceptors (Lipinski definition) is 4. The summed E-state index contributed by atoms with van der Waals surface area (Å²) in [4.78, 5) is 37.4. The summed E-state index contributed by atoms with van der Waals surface area (Å²) in [6, 6.07) is -0.478. The zero-order chi connectivity index (χ0) is 17.0. The first-order chi connectivity index (χ1) is 10.8. The van der Waals surface area contributed by atoms with E-state index in [9.17, 15) is 14.4 Å². The summed E-state index contributed by atoms with van der Waals surface area (Å²) >= 11 is 0. The number of amides is 4. The Bertz CT molecular complexity index is 472. The minimum Gasteiger partial charge on any atom is -0.378 e. The molecule has 0 bridgehead atoms. The molecule has 0 aromatic rings. The molecule has 0 saturated carbocycles. The SMILES string of the molecule is CC(C)CCC[C@H](C)NC(=O)CN1C(=O)N[C@@]2(CCOC2)C1=O. The zero-order valence-electron chi connectivity index (χ0n) is 14.2. The van der Waals surface area contributed by atoms with Crippen molar-refractivity contribution < 1.29 is 19.1 Å². The Balaban J connectivity index is 1.81. The monoisotopic (exact) mass is 325 g/mol. The fraction of sp³-hybridized carbons (Fsp3) is 0.812. The molecule has 2 heterocycles.